The Hall–Kier alpha value is -0.880. The second-order valence-electron chi connectivity index (χ2n) is 4.33. The van der Waals surface area contributed by atoms with Gasteiger partial charge in [0.2, 0.25) is 10.0 Å². The molecule has 0 spiro atoms. The monoisotopic (exact) mass is 261 g/mol. The molecule has 6 heteroatoms. The zero-order chi connectivity index (χ0) is 13.1. The molecule has 1 rings (SSSR count). The molecule has 17 heavy (non-hydrogen) atoms. The minimum absolute atomic E-state index is 0.203. The van der Waals surface area contributed by atoms with Crippen molar-refractivity contribution in [2.45, 2.75) is 38.1 Å². The van der Waals surface area contributed by atoms with Crippen LogP contribution in [0.1, 0.15) is 32.6 Å². The molecule has 1 unspecified atom stereocenters. The van der Waals surface area contributed by atoms with Crippen LogP contribution in [0.15, 0.2) is 12.7 Å². The summed E-state index contributed by atoms with van der Waals surface area (Å²) in [6.07, 6.45) is 3.30. The van der Waals surface area contributed by atoms with E-state index < -0.39 is 21.5 Å². The molecule has 1 aliphatic rings. The molecule has 0 aromatic rings. The summed E-state index contributed by atoms with van der Waals surface area (Å²) in [6, 6.07) is 0. The van der Waals surface area contributed by atoms with Crippen molar-refractivity contribution in [1.29, 1.82) is 0 Å². The van der Waals surface area contributed by atoms with Crippen LogP contribution in [0, 0.1) is 0 Å². The molecule has 1 atom stereocenters. The Balaban J connectivity index is 3.13. The Morgan fingerprint density at radius 3 is 2.71 bits per heavy atom. The van der Waals surface area contributed by atoms with E-state index in [2.05, 4.69) is 6.58 Å². The van der Waals surface area contributed by atoms with Crippen LogP contribution in [0.25, 0.3) is 0 Å². The number of sulfonamides is 1. The molecule has 1 saturated heterocycles. The van der Waals surface area contributed by atoms with E-state index in [0.717, 1.165) is 4.31 Å². The van der Waals surface area contributed by atoms with Crippen molar-refractivity contribution in [2.24, 2.45) is 0 Å². The molecule has 5 nitrogen and oxygen atoms in total. The first-order valence-corrected chi connectivity index (χ1v) is 7.36. The summed E-state index contributed by atoms with van der Waals surface area (Å²) in [5.41, 5.74) is -1.24. The van der Waals surface area contributed by atoms with E-state index in [0.29, 0.717) is 32.2 Å². The Morgan fingerprint density at radius 2 is 2.24 bits per heavy atom. The summed E-state index contributed by atoms with van der Waals surface area (Å²) >= 11 is 0. The molecule has 1 fully saturated rings. The third kappa shape index (κ3) is 2.52. The zero-order valence-corrected chi connectivity index (χ0v) is 10.9. The maximum Gasteiger partial charge on any atom is 0.325 e. The molecule has 0 aromatic heterocycles. The summed E-state index contributed by atoms with van der Waals surface area (Å²) in [5, 5.41) is 9.36. The number of nitrogens with zero attached hydrogens (tertiary/aromatic N) is 1. The van der Waals surface area contributed by atoms with Gasteiger partial charge in [-0.05, 0) is 19.3 Å². The Kier molecular flexibility index (Phi) is 4.32. The highest BCUT2D eigenvalue weighted by Gasteiger charge is 2.51. The maximum absolute atomic E-state index is 12.0. The molecular formula is C11H19NO4S. The molecule has 1 aliphatic heterocycles. The molecule has 98 valence electrons. The number of hydrogen-bond donors (Lipinski definition) is 1. The zero-order valence-electron chi connectivity index (χ0n) is 10.1. The van der Waals surface area contributed by atoms with Crippen LogP contribution in [-0.2, 0) is 14.8 Å². The molecule has 1 heterocycles. The van der Waals surface area contributed by atoms with E-state index in [1.54, 1.807) is 0 Å². The lowest BCUT2D eigenvalue weighted by atomic mass is 9.92. The van der Waals surface area contributed by atoms with E-state index in [4.69, 9.17) is 0 Å². The predicted molar refractivity (Wildman–Crippen MR) is 65.2 cm³/mol. The number of carbonyl (C=O) groups is 1. The summed E-state index contributed by atoms with van der Waals surface area (Å²) in [6.45, 7) is 5.56. The third-order valence-electron chi connectivity index (χ3n) is 3.15. The van der Waals surface area contributed by atoms with Gasteiger partial charge in [0.05, 0.1) is 5.75 Å². The number of carboxylic acids is 1. The lowest BCUT2D eigenvalue weighted by molar-refractivity contribution is -0.147. The molecule has 0 aliphatic carbocycles. The fourth-order valence-electron chi connectivity index (χ4n) is 2.48. The fourth-order valence-corrected chi connectivity index (χ4v) is 4.16. The Bertz CT molecular complexity index is 404. The normalized spacial score (nSPS) is 25.9. The van der Waals surface area contributed by atoms with Gasteiger partial charge in [0, 0.05) is 6.54 Å². The summed E-state index contributed by atoms with van der Waals surface area (Å²) < 4.78 is 25.2. The van der Waals surface area contributed by atoms with Crippen molar-refractivity contribution in [2.75, 3.05) is 12.3 Å². The average molecular weight is 261 g/mol. The Morgan fingerprint density at radius 1 is 1.59 bits per heavy atom. The summed E-state index contributed by atoms with van der Waals surface area (Å²) in [4.78, 5) is 11.4. The van der Waals surface area contributed by atoms with Crippen LogP contribution in [0.5, 0.6) is 0 Å². The standard InChI is InChI=1S/C11H19NO4S/c1-3-6-11(10(13)14)7-5-8-12(11)17(15,16)9-4-2/h4H,2-3,5-9H2,1H3,(H,13,14). The van der Waals surface area contributed by atoms with Crippen LogP contribution < -0.4 is 0 Å². The van der Waals surface area contributed by atoms with E-state index in [9.17, 15) is 18.3 Å². The molecular weight excluding hydrogens is 242 g/mol. The molecule has 1 N–H and O–H groups in total. The number of hydrogen-bond acceptors (Lipinski definition) is 3. The number of rotatable bonds is 6. The van der Waals surface area contributed by atoms with Crippen LogP contribution in [0.2, 0.25) is 0 Å². The second-order valence-corrected chi connectivity index (χ2v) is 6.27. The van der Waals surface area contributed by atoms with Crippen LogP contribution >= 0.6 is 0 Å². The first-order chi connectivity index (χ1) is 7.90. The van der Waals surface area contributed by atoms with Crippen LogP contribution in [0.4, 0.5) is 0 Å². The largest absolute Gasteiger partial charge is 0.480 e. The van der Waals surface area contributed by atoms with Gasteiger partial charge >= 0.3 is 5.97 Å². The van der Waals surface area contributed by atoms with Gasteiger partial charge in [-0.3, -0.25) is 4.79 Å². The van der Waals surface area contributed by atoms with Crippen molar-refractivity contribution in [1.82, 2.24) is 4.31 Å². The Labute approximate surface area is 102 Å². The summed E-state index contributed by atoms with van der Waals surface area (Å²) in [7, 11) is -3.55. The van der Waals surface area contributed by atoms with Gasteiger partial charge in [0.1, 0.15) is 5.54 Å². The van der Waals surface area contributed by atoms with Gasteiger partial charge in [-0.25, -0.2) is 8.42 Å². The third-order valence-corrected chi connectivity index (χ3v) is 5.02. The fraction of sp³-hybridized carbons (Fsp3) is 0.727. The van der Waals surface area contributed by atoms with Gasteiger partial charge in [-0.2, -0.15) is 4.31 Å². The average Bonchev–Trinajstić information content (AvgIpc) is 2.64. The molecule has 0 bridgehead atoms. The number of carboxylic acid groups (broad SMARTS) is 1. The highest BCUT2D eigenvalue weighted by molar-refractivity contribution is 7.89. The van der Waals surface area contributed by atoms with Gasteiger partial charge in [0.25, 0.3) is 0 Å². The van der Waals surface area contributed by atoms with E-state index >= 15 is 0 Å². The first kappa shape index (κ1) is 14.2. The van der Waals surface area contributed by atoms with Crippen molar-refractivity contribution in [3.05, 3.63) is 12.7 Å². The minimum atomic E-state index is -3.55. The van der Waals surface area contributed by atoms with Crippen molar-refractivity contribution < 1.29 is 18.3 Å². The molecule has 0 amide bonds. The quantitative estimate of drug-likeness (QED) is 0.729. The molecule has 0 saturated carbocycles. The van der Waals surface area contributed by atoms with Crippen LogP contribution in [0.3, 0.4) is 0 Å². The van der Waals surface area contributed by atoms with Crippen LogP contribution in [-0.4, -0.2) is 41.6 Å². The molecule has 0 aromatic carbocycles. The van der Waals surface area contributed by atoms with Gasteiger partial charge in [0.15, 0.2) is 0 Å². The second kappa shape index (κ2) is 5.18. The number of aliphatic carboxylic acids is 1. The smallest absolute Gasteiger partial charge is 0.325 e. The highest BCUT2D eigenvalue weighted by Crippen LogP contribution is 2.36. The predicted octanol–water partition coefficient (Wildman–Crippen LogP) is 1.22. The van der Waals surface area contributed by atoms with Crippen molar-refractivity contribution in [3.63, 3.8) is 0 Å². The van der Waals surface area contributed by atoms with Crippen molar-refractivity contribution >= 4 is 16.0 Å². The molecule has 0 radical (unpaired) electrons. The lowest BCUT2D eigenvalue weighted by Gasteiger charge is -2.33. The minimum Gasteiger partial charge on any atom is -0.480 e. The van der Waals surface area contributed by atoms with E-state index in [1.165, 1.54) is 6.08 Å². The lowest BCUT2D eigenvalue weighted by Crippen LogP contribution is -2.53. The maximum atomic E-state index is 12.0. The van der Waals surface area contributed by atoms with E-state index in [-0.39, 0.29) is 5.75 Å². The van der Waals surface area contributed by atoms with E-state index in [1.807, 2.05) is 6.92 Å². The van der Waals surface area contributed by atoms with Crippen molar-refractivity contribution in [3.8, 4) is 0 Å². The van der Waals surface area contributed by atoms with Gasteiger partial charge in [-0.1, -0.05) is 19.4 Å². The first-order valence-electron chi connectivity index (χ1n) is 5.75. The summed E-state index contributed by atoms with van der Waals surface area (Å²) in [5.74, 6) is -1.24. The SMILES string of the molecule is C=CCS(=O)(=O)N1CCCC1(CCC)C(=O)O. The van der Waals surface area contributed by atoms with Gasteiger partial charge in [-0.15, -0.1) is 6.58 Å². The topological polar surface area (TPSA) is 74.7 Å². The highest BCUT2D eigenvalue weighted by atomic mass is 32.2. The van der Waals surface area contributed by atoms with Gasteiger partial charge < -0.3 is 5.11 Å².